The van der Waals surface area contributed by atoms with Crippen LogP contribution in [0.5, 0.6) is 11.5 Å². The van der Waals surface area contributed by atoms with Crippen molar-refractivity contribution in [3.63, 3.8) is 0 Å². The van der Waals surface area contributed by atoms with Crippen LogP contribution in [0.25, 0.3) is 10.9 Å². The number of aromatic nitrogens is 2. The van der Waals surface area contributed by atoms with E-state index in [0.29, 0.717) is 33.9 Å². The molecule has 0 aliphatic rings. The average molecular weight is 323 g/mol. The molecule has 0 aliphatic carbocycles. The van der Waals surface area contributed by atoms with Crippen molar-refractivity contribution in [2.75, 3.05) is 19.0 Å². The number of hydrogen-bond donors (Lipinski definition) is 1. The SMILES string of the molecule is C#CCOc1cc2c(Nc3cccc(F)c3)ncnc2cc1OC. The molecule has 0 saturated heterocycles. The number of hydrogen-bond acceptors (Lipinski definition) is 5. The molecule has 0 spiro atoms. The molecule has 0 unspecified atom stereocenters. The zero-order valence-corrected chi connectivity index (χ0v) is 12.9. The largest absolute Gasteiger partial charge is 0.493 e. The number of nitrogens with one attached hydrogen (secondary N) is 1. The van der Waals surface area contributed by atoms with Gasteiger partial charge in [-0.05, 0) is 24.3 Å². The minimum absolute atomic E-state index is 0.113. The molecule has 3 rings (SSSR count). The summed E-state index contributed by atoms with van der Waals surface area (Å²) < 4.78 is 24.2. The summed E-state index contributed by atoms with van der Waals surface area (Å²) in [5.74, 6) is 3.61. The fourth-order valence-electron chi connectivity index (χ4n) is 2.26. The average Bonchev–Trinajstić information content (AvgIpc) is 2.59. The lowest BCUT2D eigenvalue weighted by molar-refractivity contribution is 0.332. The summed E-state index contributed by atoms with van der Waals surface area (Å²) in [6, 6.07) is 9.60. The summed E-state index contributed by atoms with van der Waals surface area (Å²) in [5.41, 5.74) is 1.24. The van der Waals surface area contributed by atoms with E-state index in [9.17, 15) is 4.39 Å². The molecule has 6 heteroatoms. The molecule has 1 aromatic heterocycles. The van der Waals surface area contributed by atoms with E-state index in [0.717, 1.165) is 0 Å². The van der Waals surface area contributed by atoms with Gasteiger partial charge in [-0.1, -0.05) is 12.0 Å². The van der Waals surface area contributed by atoms with Gasteiger partial charge in [-0.3, -0.25) is 0 Å². The highest BCUT2D eigenvalue weighted by molar-refractivity contribution is 5.93. The molecule has 2 aromatic carbocycles. The quantitative estimate of drug-likeness (QED) is 0.728. The van der Waals surface area contributed by atoms with Crippen molar-refractivity contribution in [1.82, 2.24) is 9.97 Å². The van der Waals surface area contributed by atoms with Crippen LogP contribution in [0.3, 0.4) is 0 Å². The minimum atomic E-state index is -0.335. The van der Waals surface area contributed by atoms with E-state index in [-0.39, 0.29) is 12.4 Å². The van der Waals surface area contributed by atoms with Gasteiger partial charge in [0.25, 0.3) is 0 Å². The van der Waals surface area contributed by atoms with Gasteiger partial charge in [0.15, 0.2) is 11.5 Å². The molecule has 0 radical (unpaired) electrons. The van der Waals surface area contributed by atoms with E-state index in [1.807, 2.05) is 0 Å². The lowest BCUT2D eigenvalue weighted by Gasteiger charge is -2.12. The van der Waals surface area contributed by atoms with Crippen LogP contribution in [-0.4, -0.2) is 23.7 Å². The second-order valence-electron chi connectivity index (χ2n) is 4.87. The summed E-state index contributed by atoms with van der Waals surface area (Å²) in [6.45, 7) is 0.113. The van der Waals surface area contributed by atoms with Gasteiger partial charge < -0.3 is 14.8 Å². The molecule has 24 heavy (non-hydrogen) atoms. The van der Waals surface area contributed by atoms with Crippen LogP contribution in [0.1, 0.15) is 0 Å². The number of halogens is 1. The summed E-state index contributed by atoms with van der Waals surface area (Å²) >= 11 is 0. The Labute approximate surface area is 138 Å². The van der Waals surface area contributed by atoms with Crippen LogP contribution in [0.2, 0.25) is 0 Å². The summed E-state index contributed by atoms with van der Waals surface area (Å²) in [4.78, 5) is 8.46. The van der Waals surface area contributed by atoms with Crippen LogP contribution in [0, 0.1) is 18.2 Å². The van der Waals surface area contributed by atoms with Gasteiger partial charge in [0.2, 0.25) is 0 Å². The molecule has 120 valence electrons. The molecule has 0 amide bonds. The molecule has 3 aromatic rings. The molecular weight excluding hydrogens is 309 g/mol. The Morgan fingerprint density at radius 3 is 2.83 bits per heavy atom. The Balaban J connectivity index is 2.06. The zero-order chi connectivity index (χ0) is 16.9. The van der Waals surface area contributed by atoms with Gasteiger partial charge in [0.05, 0.1) is 12.6 Å². The van der Waals surface area contributed by atoms with Crippen LogP contribution >= 0.6 is 0 Å². The molecule has 0 saturated carbocycles. The van der Waals surface area contributed by atoms with Crippen LogP contribution in [0.15, 0.2) is 42.7 Å². The Morgan fingerprint density at radius 1 is 1.21 bits per heavy atom. The van der Waals surface area contributed by atoms with Crippen LogP contribution in [-0.2, 0) is 0 Å². The Kier molecular flexibility index (Phi) is 4.43. The number of ether oxygens (including phenoxy) is 2. The summed E-state index contributed by atoms with van der Waals surface area (Å²) in [6.07, 6.45) is 6.66. The topological polar surface area (TPSA) is 56.3 Å². The van der Waals surface area contributed by atoms with Crippen molar-refractivity contribution in [3.8, 4) is 23.8 Å². The molecule has 0 bridgehead atoms. The van der Waals surface area contributed by atoms with Gasteiger partial charge in [-0.15, -0.1) is 6.42 Å². The Hall–Kier alpha value is -3.33. The zero-order valence-electron chi connectivity index (χ0n) is 12.9. The van der Waals surface area contributed by atoms with E-state index in [4.69, 9.17) is 15.9 Å². The number of terminal acetylenes is 1. The van der Waals surface area contributed by atoms with Crippen molar-refractivity contribution in [2.24, 2.45) is 0 Å². The third-order valence-corrected chi connectivity index (χ3v) is 3.32. The maximum absolute atomic E-state index is 13.4. The standard InChI is InChI=1S/C18H14FN3O2/c1-3-7-24-17-9-14-15(10-16(17)23-2)20-11-21-18(14)22-13-6-4-5-12(19)8-13/h1,4-6,8-11H,7H2,2H3,(H,20,21,22). The number of benzene rings is 2. The van der Waals surface area contributed by atoms with Gasteiger partial charge in [0, 0.05) is 17.1 Å². The highest BCUT2D eigenvalue weighted by Gasteiger charge is 2.12. The molecule has 1 N–H and O–H groups in total. The number of methoxy groups -OCH3 is 1. The maximum Gasteiger partial charge on any atom is 0.163 e. The second-order valence-corrected chi connectivity index (χ2v) is 4.87. The first kappa shape index (κ1) is 15.6. The Morgan fingerprint density at radius 2 is 2.08 bits per heavy atom. The highest BCUT2D eigenvalue weighted by atomic mass is 19.1. The van der Waals surface area contributed by atoms with E-state index < -0.39 is 0 Å². The lowest BCUT2D eigenvalue weighted by atomic mass is 10.2. The van der Waals surface area contributed by atoms with Crippen molar-refractivity contribution < 1.29 is 13.9 Å². The normalized spacial score (nSPS) is 10.2. The van der Waals surface area contributed by atoms with Crippen LogP contribution in [0.4, 0.5) is 15.9 Å². The molecule has 0 fully saturated rings. The fourth-order valence-corrected chi connectivity index (χ4v) is 2.26. The monoisotopic (exact) mass is 323 g/mol. The first-order chi connectivity index (χ1) is 11.7. The summed E-state index contributed by atoms with van der Waals surface area (Å²) in [5, 5.41) is 3.78. The van der Waals surface area contributed by atoms with E-state index in [1.54, 1.807) is 24.3 Å². The molecular formula is C18H14FN3O2. The number of anilines is 2. The lowest BCUT2D eigenvalue weighted by Crippen LogP contribution is -2.00. The third kappa shape index (κ3) is 3.20. The second kappa shape index (κ2) is 6.84. The maximum atomic E-state index is 13.4. The molecule has 0 aliphatic heterocycles. The van der Waals surface area contributed by atoms with Crippen molar-refractivity contribution in [3.05, 3.63) is 48.5 Å². The van der Waals surface area contributed by atoms with Crippen molar-refractivity contribution >= 4 is 22.4 Å². The van der Waals surface area contributed by atoms with Gasteiger partial charge in [-0.25, -0.2) is 14.4 Å². The van der Waals surface area contributed by atoms with E-state index in [1.165, 1.54) is 25.6 Å². The first-order valence-electron chi connectivity index (χ1n) is 7.13. The predicted molar refractivity (Wildman–Crippen MR) is 90.1 cm³/mol. The predicted octanol–water partition coefficient (Wildman–Crippen LogP) is 3.53. The number of rotatable bonds is 5. The van der Waals surface area contributed by atoms with Gasteiger partial charge in [-0.2, -0.15) is 0 Å². The van der Waals surface area contributed by atoms with Crippen LogP contribution < -0.4 is 14.8 Å². The highest BCUT2D eigenvalue weighted by Crippen LogP contribution is 2.34. The molecule has 5 nitrogen and oxygen atoms in total. The Bertz CT molecular complexity index is 922. The number of nitrogens with zero attached hydrogens (tertiary/aromatic N) is 2. The molecule has 0 atom stereocenters. The van der Waals surface area contributed by atoms with Gasteiger partial charge in [0.1, 0.15) is 24.6 Å². The van der Waals surface area contributed by atoms with E-state index in [2.05, 4.69) is 21.2 Å². The number of fused-ring (bicyclic) bond motifs is 1. The smallest absolute Gasteiger partial charge is 0.163 e. The molecule has 1 heterocycles. The summed E-state index contributed by atoms with van der Waals surface area (Å²) in [7, 11) is 1.54. The van der Waals surface area contributed by atoms with Crippen molar-refractivity contribution in [1.29, 1.82) is 0 Å². The van der Waals surface area contributed by atoms with Gasteiger partial charge >= 0.3 is 0 Å². The van der Waals surface area contributed by atoms with E-state index >= 15 is 0 Å². The fraction of sp³-hybridized carbons (Fsp3) is 0.111. The minimum Gasteiger partial charge on any atom is -0.493 e. The van der Waals surface area contributed by atoms with Crippen molar-refractivity contribution in [2.45, 2.75) is 0 Å². The third-order valence-electron chi connectivity index (χ3n) is 3.32. The first-order valence-corrected chi connectivity index (χ1v) is 7.13.